The topological polar surface area (TPSA) is 29.1 Å². The fourth-order valence-corrected chi connectivity index (χ4v) is 0.734. The van der Waals surface area contributed by atoms with Crippen molar-refractivity contribution in [3.63, 3.8) is 0 Å². The molecule has 3 heteroatoms. The summed E-state index contributed by atoms with van der Waals surface area (Å²) in [5, 5.41) is 2.54. The van der Waals surface area contributed by atoms with E-state index in [9.17, 15) is 4.79 Å². The molecule has 1 rings (SSSR count). The fraction of sp³-hybridized carbons (Fsp3) is 0. The molecule has 1 amide bonds. The Labute approximate surface area is 60.7 Å². The minimum atomic E-state index is -0.0411. The molecule has 0 bridgehead atoms. The number of amides is 1. The van der Waals surface area contributed by atoms with Crippen molar-refractivity contribution in [1.29, 1.82) is 0 Å². The molecule has 10 heavy (non-hydrogen) atoms. The van der Waals surface area contributed by atoms with Crippen LogP contribution >= 0.6 is 0 Å². The maximum Gasteiger partial charge on any atom is 0.238 e. The largest absolute Gasteiger partial charge is 0.402 e. The van der Waals surface area contributed by atoms with Gasteiger partial charge in [-0.3, -0.25) is 4.79 Å². The maximum atomic E-state index is 10.9. The lowest BCUT2D eigenvalue weighted by molar-refractivity contribution is 0.0981. The van der Waals surface area contributed by atoms with Crippen LogP contribution in [0.3, 0.4) is 0 Å². The van der Waals surface area contributed by atoms with Gasteiger partial charge in [0.2, 0.25) is 13.9 Å². The zero-order valence-corrected chi connectivity index (χ0v) is 5.79. The van der Waals surface area contributed by atoms with Crippen LogP contribution in [0.1, 0.15) is 10.4 Å². The molecular weight excluding hydrogens is 125 g/mol. The average Bonchev–Trinajstić information content (AvgIpc) is 2.05. The van der Waals surface area contributed by atoms with Gasteiger partial charge in [-0.1, -0.05) is 18.2 Å². The summed E-state index contributed by atoms with van der Waals surface area (Å²) >= 11 is 0. The third-order valence-corrected chi connectivity index (χ3v) is 1.26. The summed E-state index contributed by atoms with van der Waals surface area (Å²) in [5.41, 5.74) is 0.699. The summed E-state index contributed by atoms with van der Waals surface area (Å²) in [6.07, 6.45) is 0. The van der Waals surface area contributed by atoms with Gasteiger partial charge in [-0.05, 0) is 12.1 Å². The SMILES string of the molecule is BNC(=O)c1ccccc1. The zero-order valence-electron chi connectivity index (χ0n) is 5.79. The van der Waals surface area contributed by atoms with Gasteiger partial charge in [0.25, 0.3) is 0 Å². The lowest BCUT2D eigenvalue weighted by Crippen LogP contribution is -2.19. The van der Waals surface area contributed by atoms with E-state index < -0.39 is 0 Å². The van der Waals surface area contributed by atoms with Gasteiger partial charge in [-0.25, -0.2) is 0 Å². The van der Waals surface area contributed by atoms with Crippen LogP contribution in [0.25, 0.3) is 0 Å². The minimum absolute atomic E-state index is 0.0411. The first-order valence-corrected chi connectivity index (χ1v) is 3.11. The minimum Gasteiger partial charge on any atom is -0.402 e. The molecule has 50 valence electrons. The van der Waals surface area contributed by atoms with Gasteiger partial charge in [0, 0.05) is 5.56 Å². The lowest BCUT2D eigenvalue weighted by atomic mass is 10.2. The summed E-state index contributed by atoms with van der Waals surface area (Å²) in [5.74, 6) is -0.0411. The van der Waals surface area contributed by atoms with Crippen LogP contribution < -0.4 is 5.23 Å². The van der Waals surface area contributed by atoms with Crippen molar-refractivity contribution < 1.29 is 4.79 Å². The standard InChI is InChI=1S/C7H8BNO/c8-9-7(10)6-4-2-1-3-5-6/h1-5H,8H2,(H,9,10). The molecule has 0 aliphatic carbocycles. The molecule has 0 heterocycles. The normalized spacial score (nSPS) is 8.80. The zero-order chi connectivity index (χ0) is 7.40. The summed E-state index contributed by atoms with van der Waals surface area (Å²) in [7, 11) is 1.62. The van der Waals surface area contributed by atoms with Gasteiger partial charge in [-0.2, -0.15) is 0 Å². The van der Waals surface area contributed by atoms with Crippen LogP contribution in [0.15, 0.2) is 30.3 Å². The van der Waals surface area contributed by atoms with Crippen molar-refractivity contribution in [2.75, 3.05) is 0 Å². The van der Waals surface area contributed by atoms with E-state index in [1.54, 1.807) is 20.1 Å². The molecule has 0 radical (unpaired) electrons. The molecule has 0 atom stereocenters. The molecule has 0 unspecified atom stereocenters. The van der Waals surface area contributed by atoms with E-state index in [0.717, 1.165) is 0 Å². The molecular formula is C7H8BNO. The number of carbonyl (C=O) groups is 1. The van der Waals surface area contributed by atoms with E-state index in [1.807, 2.05) is 18.2 Å². The van der Waals surface area contributed by atoms with Gasteiger partial charge in [-0.15, -0.1) is 0 Å². The molecule has 0 fully saturated rings. The van der Waals surface area contributed by atoms with Crippen LogP contribution in [0, 0.1) is 0 Å². The Hall–Kier alpha value is -1.25. The molecule has 1 aromatic rings. The molecule has 0 aliphatic rings. The van der Waals surface area contributed by atoms with Crippen molar-refractivity contribution >= 4 is 13.9 Å². The van der Waals surface area contributed by atoms with E-state index in [2.05, 4.69) is 5.23 Å². The van der Waals surface area contributed by atoms with Gasteiger partial charge < -0.3 is 5.23 Å². The van der Waals surface area contributed by atoms with Crippen molar-refractivity contribution in [2.24, 2.45) is 0 Å². The molecule has 1 aromatic carbocycles. The number of nitrogens with one attached hydrogen (secondary N) is 1. The lowest BCUT2D eigenvalue weighted by Gasteiger charge is -1.96. The summed E-state index contributed by atoms with van der Waals surface area (Å²) in [4.78, 5) is 10.9. The Morgan fingerprint density at radius 3 is 2.40 bits per heavy atom. The Balaban J connectivity index is 2.85. The van der Waals surface area contributed by atoms with Crippen molar-refractivity contribution in [3.8, 4) is 0 Å². The Bertz CT molecular complexity index is 222. The van der Waals surface area contributed by atoms with E-state index in [1.165, 1.54) is 0 Å². The Morgan fingerprint density at radius 2 is 1.90 bits per heavy atom. The highest BCUT2D eigenvalue weighted by atomic mass is 16.1. The molecule has 1 N–H and O–H groups in total. The van der Waals surface area contributed by atoms with E-state index in [-0.39, 0.29) is 5.91 Å². The van der Waals surface area contributed by atoms with Crippen molar-refractivity contribution in [1.82, 2.24) is 5.23 Å². The first-order chi connectivity index (χ1) is 4.84. The Morgan fingerprint density at radius 1 is 1.30 bits per heavy atom. The highest BCUT2D eigenvalue weighted by Crippen LogP contribution is 1.96. The first kappa shape index (κ1) is 6.87. The second-order valence-electron chi connectivity index (χ2n) is 1.95. The van der Waals surface area contributed by atoms with Gasteiger partial charge in [0.1, 0.15) is 0 Å². The van der Waals surface area contributed by atoms with E-state index >= 15 is 0 Å². The second kappa shape index (κ2) is 3.06. The third kappa shape index (κ3) is 1.38. The molecule has 0 aliphatic heterocycles. The van der Waals surface area contributed by atoms with Gasteiger partial charge in [0.05, 0.1) is 0 Å². The van der Waals surface area contributed by atoms with Gasteiger partial charge in [0.15, 0.2) is 0 Å². The van der Waals surface area contributed by atoms with Crippen molar-refractivity contribution in [2.45, 2.75) is 0 Å². The summed E-state index contributed by atoms with van der Waals surface area (Å²) in [6.45, 7) is 0. The maximum absolute atomic E-state index is 10.9. The number of hydrogen-bond acceptors (Lipinski definition) is 1. The molecule has 0 spiro atoms. The van der Waals surface area contributed by atoms with E-state index in [4.69, 9.17) is 0 Å². The molecule has 0 saturated heterocycles. The molecule has 2 nitrogen and oxygen atoms in total. The fourth-order valence-electron chi connectivity index (χ4n) is 0.734. The quantitative estimate of drug-likeness (QED) is 0.535. The number of benzene rings is 1. The smallest absolute Gasteiger partial charge is 0.238 e. The Kier molecular flexibility index (Phi) is 2.10. The summed E-state index contributed by atoms with van der Waals surface area (Å²) in [6, 6.07) is 9.11. The first-order valence-electron chi connectivity index (χ1n) is 3.11. The van der Waals surface area contributed by atoms with Crippen molar-refractivity contribution in [3.05, 3.63) is 35.9 Å². The predicted octanol–water partition coefficient (Wildman–Crippen LogP) is -0.0355. The van der Waals surface area contributed by atoms with Crippen LogP contribution in [0.2, 0.25) is 0 Å². The van der Waals surface area contributed by atoms with Crippen LogP contribution in [-0.2, 0) is 0 Å². The second-order valence-corrected chi connectivity index (χ2v) is 1.95. The molecule has 0 saturated carbocycles. The average molecular weight is 133 g/mol. The summed E-state index contributed by atoms with van der Waals surface area (Å²) < 4.78 is 0. The van der Waals surface area contributed by atoms with Crippen LogP contribution in [0.4, 0.5) is 0 Å². The number of carbonyl (C=O) groups excluding carboxylic acids is 1. The monoisotopic (exact) mass is 133 g/mol. The number of rotatable bonds is 1. The molecule has 0 aromatic heterocycles. The number of hydrogen-bond donors (Lipinski definition) is 1. The van der Waals surface area contributed by atoms with Gasteiger partial charge >= 0.3 is 0 Å². The van der Waals surface area contributed by atoms with Crippen LogP contribution in [0.5, 0.6) is 0 Å². The van der Waals surface area contributed by atoms with E-state index in [0.29, 0.717) is 5.56 Å². The van der Waals surface area contributed by atoms with Crippen LogP contribution in [-0.4, -0.2) is 13.9 Å². The predicted molar refractivity (Wildman–Crippen MR) is 42.5 cm³/mol. The highest BCUT2D eigenvalue weighted by Gasteiger charge is 1.97. The third-order valence-electron chi connectivity index (χ3n) is 1.26. The highest BCUT2D eigenvalue weighted by molar-refractivity contribution is 6.18.